The molecule has 2 bridgehead atoms. The van der Waals surface area contributed by atoms with Crippen LogP contribution in [0.5, 0.6) is 5.75 Å². The first-order valence-electron chi connectivity index (χ1n) is 6.80. The van der Waals surface area contributed by atoms with Crippen LogP contribution >= 0.6 is 0 Å². The second-order valence-corrected chi connectivity index (χ2v) is 5.49. The first-order valence-corrected chi connectivity index (χ1v) is 6.80. The summed E-state index contributed by atoms with van der Waals surface area (Å²) in [5.74, 6) is 1.44. The van der Waals surface area contributed by atoms with Gasteiger partial charge in [-0.05, 0) is 43.4 Å². The Morgan fingerprint density at radius 2 is 2.33 bits per heavy atom. The highest BCUT2D eigenvalue weighted by atomic mass is 16.5. The van der Waals surface area contributed by atoms with Crippen molar-refractivity contribution in [2.24, 2.45) is 11.7 Å². The first-order chi connectivity index (χ1) is 8.76. The Morgan fingerprint density at radius 1 is 1.44 bits per heavy atom. The highest BCUT2D eigenvalue weighted by Crippen LogP contribution is 2.40. The third-order valence-corrected chi connectivity index (χ3v) is 4.31. The number of nitrogens with two attached hydrogens (primary N) is 1. The summed E-state index contributed by atoms with van der Waals surface area (Å²) in [4.78, 5) is 0. The normalized spacial score (nSPS) is 31.6. The zero-order chi connectivity index (χ0) is 12.5. The number of methoxy groups -OCH3 is 1. The van der Waals surface area contributed by atoms with Crippen LogP contribution in [0.15, 0.2) is 24.3 Å². The van der Waals surface area contributed by atoms with Gasteiger partial charge in [-0.15, -0.1) is 0 Å². The van der Waals surface area contributed by atoms with Crippen molar-refractivity contribution in [1.29, 1.82) is 0 Å². The summed E-state index contributed by atoms with van der Waals surface area (Å²) < 4.78 is 11.1. The van der Waals surface area contributed by atoms with Crippen molar-refractivity contribution < 1.29 is 9.47 Å². The summed E-state index contributed by atoms with van der Waals surface area (Å²) in [6.07, 6.45) is 5.38. The lowest BCUT2D eigenvalue weighted by molar-refractivity contribution is 0.0885. The lowest BCUT2D eigenvalue weighted by atomic mass is 9.82. The molecule has 2 heterocycles. The molecule has 0 radical (unpaired) electrons. The third kappa shape index (κ3) is 2.25. The summed E-state index contributed by atoms with van der Waals surface area (Å²) in [5.41, 5.74) is 7.62. The van der Waals surface area contributed by atoms with Gasteiger partial charge in [-0.3, -0.25) is 0 Å². The smallest absolute Gasteiger partial charge is 0.119 e. The van der Waals surface area contributed by atoms with E-state index in [1.807, 2.05) is 12.1 Å². The molecule has 3 heteroatoms. The van der Waals surface area contributed by atoms with Crippen molar-refractivity contribution in [2.75, 3.05) is 7.11 Å². The van der Waals surface area contributed by atoms with Crippen molar-refractivity contribution in [1.82, 2.24) is 0 Å². The second kappa shape index (κ2) is 4.90. The van der Waals surface area contributed by atoms with Gasteiger partial charge in [0.15, 0.2) is 0 Å². The highest BCUT2D eigenvalue weighted by Gasteiger charge is 2.43. The summed E-state index contributed by atoms with van der Waals surface area (Å²) in [7, 11) is 1.70. The molecule has 1 aromatic rings. The van der Waals surface area contributed by atoms with Gasteiger partial charge in [-0.25, -0.2) is 0 Å². The molecule has 4 atom stereocenters. The van der Waals surface area contributed by atoms with E-state index in [0.717, 1.165) is 18.6 Å². The molecule has 4 unspecified atom stereocenters. The van der Waals surface area contributed by atoms with E-state index in [4.69, 9.17) is 15.2 Å². The quantitative estimate of drug-likeness (QED) is 0.886. The van der Waals surface area contributed by atoms with Crippen LogP contribution in [-0.4, -0.2) is 25.4 Å². The van der Waals surface area contributed by atoms with Gasteiger partial charge >= 0.3 is 0 Å². The van der Waals surface area contributed by atoms with Crippen molar-refractivity contribution in [3.63, 3.8) is 0 Å². The van der Waals surface area contributed by atoms with E-state index in [1.54, 1.807) is 7.11 Å². The minimum absolute atomic E-state index is 0.201. The minimum atomic E-state index is 0.201. The second-order valence-electron chi connectivity index (χ2n) is 5.49. The van der Waals surface area contributed by atoms with Gasteiger partial charge in [0.2, 0.25) is 0 Å². The van der Waals surface area contributed by atoms with E-state index in [0.29, 0.717) is 18.1 Å². The van der Waals surface area contributed by atoms with Crippen LogP contribution in [0, 0.1) is 5.92 Å². The Kier molecular flexibility index (Phi) is 3.27. The fourth-order valence-electron chi connectivity index (χ4n) is 3.35. The molecule has 0 amide bonds. The Hall–Kier alpha value is -1.06. The molecule has 0 spiro atoms. The molecule has 2 aliphatic rings. The molecule has 3 rings (SSSR count). The summed E-state index contributed by atoms with van der Waals surface area (Å²) in [6.45, 7) is 0. The Bertz CT molecular complexity index is 421. The number of ether oxygens (including phenoxy) is 2. The van der Waals surface area contributed by atoms with Crippen LogP contribution in [0.4, 0.5) is 0 Å². The van der Waals surface area contributed by atoms with Crippen molar-refractivity contribution >= 4 is 0 Å². The van der Waals surface area contributed by atoms with Crippen molar-refractivity contribution in [2.45, 2.75) is 43.9 Å². The summed E-state index contributed by atoms with van der Waals surface area (Å²) in [6, 6.07) is 8.39. The largest absolute Gasteiger partial charge is 0.497 e. The van der Waals surface area contributed by atoms with E-state index in [-0.39, 0.29) is 6.04 Å². The zero-order valence-electron chi connectivity index (χ0n) is 10.8. The van der Waals surface area contributed by atoms with Crippen LogP contribution in [-0.2, 0) is 11.2 Å². The lowest BCUT2D eigenvalue weighted by Crippen LogP contribution is -2.37. The van der Waals surface area contributed by atoms with Gasteiger partial charge in [0, 0.05) is 12.0 Å². The maximum Gasteiger partial charge on any atom is 0.119 e. The minimum Gasteiger partial charge on any atom is -0.497 e. The molecule has 0 aliphatic carbocycles. The van der Waals surface area contributed by atoms with Gasteiger partial charge < -0.3 is 15.2 Å². The molecule has 1 aromatic carbocycles. The molecule has 3 nitrogen and oxygen atoms in total. The average molecular weight is 247 g/mol. The van der Waals surface area contributed by atoms with Gasteiger partial charge in [0.05, 0.1) is 19.3 Å². The highest BCUT2D eigenvalue weighted by molar-refractivity contribution is 5.29. The molecular weight excluding hydrogens is 226 g/mol. The molecule has 98 valence electrons. The number of benzene rings is 1. The van der Waals surface area contributed by atoms with E-state index >= 15 is 0 Å². The van der Waals surface area contributed by atoms with Crippen LogP contribution < -0.4 is 10.5 Å². The number of fused-ring (bicyclic) bond motifs is 2. The van der Waals surface area contributed by atoms with E-state index in [2.05, 4.69) is 12.1 Å². The monoisotopic (exact) mass is 247 g/mol. The van der Waals surface area contributed by atoms with Gasteiger partial charge in [0.25, 0.3) is 0 Å². The summed E-state index contributed by atoms with van der Waals surface area (Å²) in [5, 5.41) is 0. The average Bonchev–Trinajstić information content (AvgIpc) is 3.01. The van der Waals surface area contributed by atoms with Gasteiger partial charge in [-0.2, -0.15) is 0 Å². The maximum atomic E-state index is 6.37. The predicted octanol–water partition coefficient (Wildman–Crippen LogP) is 2.13. The Labute approximate surface area is 108 Å². The fraction of sp³-hybridized carbons (Fsp3) is 0.600. The van der Waals surface area contributed by atoms with Gasteiger partial charge in [0.1, 0.15) is 5.75 Å². The van der Waals surface area contributed by atoms with Crippen molar-refractivity contribution in [3.8, 4) is 5.75 Å². The Balaban J connectivity index is 1.65. The molecule has 2 fully saturated rings. The van der Waals surface area contributed by atoms with E-state index < -0.39 is 0 Å². The van der Waals surface area contributed by atoms with Crippen LogP contribution in [0.25, 0.3) is 0 Å². The van der Waals surface area contributed by atoms with Gasteiger partial charge in [-0.1, -0.05) is 12.1 Å². The third-order valence-electron chi connectivity index (χ3n) is 4.31. The number of hydrogen-bond donors (Lipinski definition) is 1. The first kappa shape index (κ1) is 12.0. The number of hydrogen-bond acceptors (Lipinski definition) is 3. The fourth-order valence-corrected chi connectivity index (χ4v) is 3.35. The lowest BCUT2D eigenvalue weighted by Gasteiger charge is -2.25. The predicted molar refractivity (Wildman–Crippen MR) is 70.7 cm³/mol. The standard InChI is InChI=1S/C15H21NO2/c1-17-11-4-2-3-10(7-11)8-14(16)13-9-12-5-6-15(13)18-12/h2-4,7,12-15H,5-6,8-9,16H2,1H3. The SMILES string of the molecule is COc1cccc(CC(N)C2CC3CCC2O3)c1. The molecule has 0 aromatic heterocycles. The molecule has 2 saturated heterocycles. The Morgan fingerprint density at radius 3 is 3.00 bits per heavy atom. The van der Waals surface area contributed by atoms with Crippen molar-refractivity contribution in [3.05, 3.63) is 29.8 Å². The van der Waals surface area contributed by atoms with E-state index in [9.17, 15) is 0 Å². The molecule has 18 heavy (non-hydrogen) atoms. The number of rotatable bonds is 4. The van der Waals surface area contributed by atoms with Crippen LogP contribution in [0.3, 0.4) is 0 Å². The maximum absolute atomic E-state index is 6.37. The van der Waals surface area contributed by atoms with E-state index in [1.165, 1.54) is 18.4 Å². The molecule has 2 N–H and O–H groups in total. The van der Waals surface area contributed by atoms with Crippen LogP contribution in [0.2, 0.25) is 0 Å². The molecular formula is C15H21NO2. The van der Waals surface area contributed by atoms with Crippen LogP contribution in [0.1, 0.15) is 24.8 Å². The summed E-state index contributed by atoms with van der Waals surface area (Å²) >= 11 is 0. The topological polar surface area (TPSA) is 44.5 Å². The zero-order valence-corrected chi connectivity index (χ0v) is 10.8. The molecule has 0 saturated carbocycles. The molecule has 2 aliphatic heterocycles.